The van der Waals surface area contributed by atoms with Gasteiger partial charge in [-0.15, -0.1) is 11.3 Å². The van der Waals surface area contributed by atoms with Gasteiger partial charge in [0.1, 0.15) is 11.7 Å². The highest BCUT2D eigenvalue weighted by atomic mass is 32.1. The highest BCUT2D eigenvalue weighted by Crippen LogP contribution is 2.22. The van der Waals surface area contributed by atoms with E-state index in [4.69, 9.17) is 4.74 Å². The van der Waals surface area contributed by atoms with Crippen molar-refractivity contribution in [2.45, 2.75) is 19.9 Å². The van der Waals surface area contributed by atoms with Gasteiger partial charge in [-0.05, 0) is 36.6 Å². The summed E-state index contributed by atoms with van der Waals surface area (Å²) < 4.78 is 5.37. The van der Waals surface area contributed by atoms with E-state index in [2.05, 4.69) is 26.1 Å². The highest BCUT2D eigenvalue weighted by Gasteiger charge is 2.23. The van der Waals surface area contributed by atoms with Crippen LogP contribution in [0.1, 0.15) is 33.2 Å². The van der Waals surface area contributed by atoms with Crippen molar-refractivity contribution in [2.75, 3.05) is 36.5 Å². The molecule has 2 aromatic carbocycles. The molecule has 1 atom stereocenters. The number of anilines is 2. The monoisotopic (exact) mass is 465 g/mol. The molecule has 1 aromatic heterocycles. The van der Waals surface area contributed by atoms with Crippen molar-refractivity contribution in [3.63, 3.8) is 0 Å². The zero-order chi connectivity index (χ0) is 23.2. The molecule has 8 nitrogen and oxygen atoms in total. The van der Waals surface area contributed by atoms with E-state index in [1.165, 1.54) is 11.3 Å². The van der Waals surface area contributed by atoms with E-state index in [9.17, 15) is 9.59 Å². The number of rotatable bonds is 7. The molecule has 2 amide bonds. The molecule has 0 radical (unpaired) electrons. The van der Waals surface area contributed by atoms with Gasteiger partial charge < -0.3 is 15.0 Å². The van der Waals surface area contributed by atoms with Crippen LogP contribution in [0.5, 0.6) is 0 Å². The molecular weight excluding hydrogens is 438 g/mol. The molecule has 0 unspecified atom stereocenters. The van der Waals surface area contributed by atoms with Gasteiger partial charge in [0.05, 0.1) is 13.2 Å². The lowest BCUT2D eigenvalue weighted by atomic mass is 10.1. The Hall–Kier alpha value is -3.27. The second kappa shape index (κ2) is 10.6. The average Bonchev–Trinajstić information content (AvgIpc) is 3.33. The fraction of sp³-hybridized carbons (Fsp3) is 0.292. The molecular formula is C24H27N5O3S. The lowest BCUT2D eigenvalue weighted by Gasteiger charge is -2.26. The maximum Gasteiger partial charge on any atom is 0.284 e. The van der Waals surface area contributed by atoms with E-state index in [0.717, 1.165) is 40.6 Å². The van der Waals surface area contributed by atoms with Crippen LogP contribution in [0.3, 0.4) is 0 Å². The summed E-state index contributed by atoms with van der Waals surface area (Å²) in [5.41, 5.74) is 9.34. The van der Waals surface area contributed by atoms with Gasteiger partial charge in [0.25, 0.3) is 5.91 Å². The number of aromatic nitrogens is 1. The van der Waals surface area contributed by atoms with Gasteiger partial charge in [0.15, 0.2) is 5.13 Å². The molecule has 0 saturated carbocycles. The first-order valence-corrected chi connectivity index (χ1v) is 11.7. The number of carbonyl (C=O) groups excluding carboxylic acids is 2. The van der Waals surface area contributed by atoms with Crippen LogP contribution in [-0.2, 0) is 9.53 Å². The van der Waals surface area contributed by atoms with E-state index in [-0.39, 0.29) is 5.91 Å². The summed E-state index contributed by atoms with van der Waals surface area (Å²) in [5.74, 6) is -0.672. The second-order valence-corrected chi connectivity index (χ2v) is 8.70. The maximum atomic E-state index is 13.2. The molecule has 1 saturated heterocycles. The molecule has 0 aliphatic carbocycles. The van der Waals surface area contributed by atoms with Crippen molar-refractivity contribution in [2.24, 2.45) is 0 Å². The van der Waals surface area contributed by atoms with Gasteiger partial charge in [-0.25, -0.2) is 10.4 Å². The third-order valence-corrected chi connectivity index (χ3v) is 6.28. The number of nitrogens with zero attached hydrogens (tertiary/aromatic N) is 2. The number of hydrogen-bond donors (Lipinski definition) is 3. The van der Waals surface area contributed by atoms with Crippen LogP contribution in [0.25, 0.3) is 0 Å². The van der Waals surface area contributed by atoms with Crippen LogP contribution in [-0.4, -0.2) is 43.1 Å². The average molecular weight is 466 g/mol. The molecule has 4 rings (SSSR count). The van der Waals surface area contributed by atoms with E-state index in [1.807, 2.05) is 62.4 Å². The normalized spacial score (nSPS) is 14.5. The summed E-state index contributed by atoms with van der Waals surface area (Å²) >= 11 is 1.42. The summed E-state index contributed by atoms with van der Waals surface area (Å²) in [6.45, 7) is 6.72. The summed E-state index contributed by atoms with van der Waals surface area (Å²) in [4.78, 5) is 32.5. The summed E-state index contributed by atoms with van der Waals surface area (Å²) in [6.07, 6.45) is 0. The molecule has 1 aliphatic heterocycles. The molecule has 9 heteroatoms. The Kier molecular flexibility index (Phi) is 7.33. The van der Waals surface area contributed by atoms with Gasteiger partial charge >= 0.3 is 0 Å². The van der Waals surface area contributed by atoms with Crippen LogP contribution in [0, 0.1) is 13.8 Å². The fourth-order valence-electron chi connectivity index (χ4n) is 3.49. The predicted molar refractivity (Wildman–Crippen MR) is 129 cm³/mol. The Morgan fingerprint density at radius 1 is 1.09 bits per heavy atom. The third kappa shape index (κ3) is 5.75. The maximum absolute atomic E-state index is 13.2. The number of amides is 2. The second-order valence-electron chi connectivity index (χ2n) is 7.86. The molecule has 2 heterocycles. The SMILES string of the molecule is Cc1ccc(C)c(NC(=O)[C@H](NNC(=O)c2csc(N3CCOCC3)n2)c2ccccc2)c1. The Labute approximate surface area is 197 Å². The number of nitrogens with one attached hydrogen (secondary N) is 3. The first kappa shape index (κ1) is 22.9. The zero-order valence-corrected chi connectivity index (χ0v) is 19.4. The molecule has 0 bridgehead atoms. The number of thiazole rings is 1. The van der Waals surface area contributed by atoms with Crippen LogP contribution in [0.15, 0.2) is 53.9 Å². The number of morpholine rings is 1. The Morgan fingerprint density at radius 3 is 2.61 bits per heavy atom. The largest absolute Gasteiger partial charge is 0.378 e. The van der Waals surface area contributed by atoms with Gasteiger partial charge in [-0.2, -0.15) is 0 Å². The lowest BCUT2D eigenvalue weighted by molar-refractivity contribution is -0.118. The highest BCUT2D eigenvalue weighted by molar-refractivity contribution is 7.13. The van der Waals surface area contributed by atoms with Crippen molar-refractivity contribution in [1.82, 2.24) is 15.8 Å². The molecule has 1 aliphatic rings. The molecule has 33 heavy (non-hydrogen) atoms. The van der Waals surface area contributed by atoms with E-state index in [0.29, 0.717) is 18.9 Å². The first-order valence-electron chi connectivity index (χ1n) is 10.8. The number of hydrazine groups is 1. The summed E-state index contributed by atoms with van der Waals surface area (Å²) in [5, 5.41) is 5.48. The quantitative estimate of drug-likeness (QED) is 0.464. The topological polar surface area (TPSA) is 95.6 Å². The van der Waals surface area contributed by atoms with E-state index >= 15 is 0 Å². The summed E-state index contributed by atoms with van der Waals surface area (Å²) in [7, 11) is 0. The molecule has 3 aromatic rings. The van der Waals surface area contributed by atoms with Gasteiger partial charge in [-0.3, -0.25) is 15.0 Å². The smallest absolute Gasteiger partial charge is 0.284 e. The Bertz CT molecular complexity index is 1110. The van der Waals surface area contributed by atoms with E-state index in [1.54, 1.807) is 5.38 Å². The van der Waals surface area contributed by atoms with Crippen molar-refractivity contribution in [3.05, 3.63) is 76.3 Å². The fourth-order valence-corrected chi connectivity index (χ4v) is 4.35. The van der Waals surface area contributed by atoms with Gasteiger partial charge in [0.2, 0.25) is 5.91 Å². The molecule has 3 N–H and O–H groups in total. The Balaban J connectivity index is 1.46. The van der Waals surface area contributed by atoms with E-state index < -0.39 is 11.9 Å². The van der Waals surface area contributed by atoms with Crippen LogP contribution in [0.2, 0.25) is 0 Å². The minimum absolute atomic E-state index is 0.275. The number of aryl methyl sites for hydroxylation is 2. The first-order chi connectivity index (χ1) is 16.0. The number of ether oxygens (including phenoxy) is 1. The van der Waals surface area contributed by atoms with Crippen LogP contribution >= 0.6 is 11.3 Å². The molecule has 172 valence electrons. The minimum Gasteiger partial charge on any atom is -0.378 e. The lowest BCUT2D eigenvalue weighted by Crippen LogP contribution is -2.44. The predicted octanol–water partition coefficient (Wildman–Crippen LogP) is 3.21. The van der Waals surface area contributed by atoms with Crippen molar-refractivity contribution < 1.29 is 14.3 Å². The summed E-state index contributed by atoms with van der Waals surface area (Å²) in [6, 6.07) is 14.4. The van der Waals surface area contributed by atoms with Crippen molar-refractivity contribution in [1.29, 1.82) is 0 Å². The number of carbonyl (C=O) groups is 2. The van der Waals surface area contributed by atoms with Crippen LogP contribution in [0.4, 0.5) is 10.8 Å². The molecule has 1 fully saturated rings. The number of benzene rings is 2. The van der Waals surface area contributed by atoms with Crippen LogP contribution < -0.4 is 21.1 Å². The number of hydrogen-bond acceptors (Lipinski definition) is 7. The molecule has 0 spiro atoms. The standard InChI is InChI=1S/C24H27N5O3S/c1-16-8-9-17(2)19(14-16)25-23(31)21(18-6-4-3-5-7-18)27-28-22(30)20-15-33-24(26-20)29-10-12-32-13-11-29/h3-9,14-15,21,27H,10-13H2,1-2H3,(H,25,31)(H,28,30)/t21-/m1/s1. The minimum atomic E-state index is -0.785. The van der Waals surface area contributed by atoms with Gasteiger partial charge in [-0.1, -0.05) is 42.5 Å². The van der Waals surface area contributed by atoms with Crippen molar-refractivity contribution in [3.8, 4) is 0 Å². The van der Waals surface area contributed by atoms with Crippen molar-refractivity contribution >= 4 is 34.0 Å². The third-order valence-electron chi connectivity index (χ3n) is 5.38. The zero-order valence-electron chi connectivity index (χ0n) is 18.6. The van der Waals surface area contributed by atoms with Gasteiger partial charge in [0, 0.05) is 24.2 Å². The Morgan fingerprint density at radius 2 is 1.85 bits per heavy atom.